The first-order chi connectivity index (χ1) is 11.0. The van der Waals surface area contributed by atoms with E-state index in [0.717, 1.165) is 10.8 Å². The third-order valence-corrected chi connectivity index (χ3v) is 3.24. The van der Waals surface area contributed by atoms with E-state index in [4.69, 9.17) is 4.74 Å². The predicted octanol–water partition coefficient (Wildman–Crippen LogP) is 2.23. The van der Waals surface area contributed by atoms with Crippen LogP contribution in [0.2, 0.25) is 0 Å². The molecule has 120 valence electrons. The van der Waals surface area contributed by atoms with E-state index in [1.54, 1.807) is 19.1 Å². The zero-order valence-electron chi connectivity index (χ0n) is 13.0. The Morgan fingerprint density at radius 3 is 2.52 bits per heavy atom. The monoisotopic (exact) mass is 314 g/mol. The van der Waals surface area contributed by atoms with Gasteiger partial charge in [0.05, 0.1) is 5.56 Å². The molecule has 0 fully saturated rings. The average Bonchev–Trinajstić information content (AvgIpc) is 2.54. The molecule has 3 amide bonds. The molecule has 0 saturated carbocycles. The van der Waals surface area contributed by atoms with Crippen molar-refractivity contribution in [3.05, 3.63) is 48.0 Å². The first-order valence-electron chi connectivity index (χ1n) is 7.30. The van der Waals surface area contributed by atoms with Crippen LogP contribution in [0.4, 0.5) is 4.79 Å². The largest absolute Gasteiger partial charge is 0.449 e. The number of hydrogen-bond acceptors (Lipinski definition) is 4. The van der Waals surface area contributed by atoms with Gasteiger partial charge in [-0.1, -0.05) is 36.4 Å². The van der Waals surface area contributed by atoms with Crippen LogP contribution in [0.1, 0.15) is 24.2 Å². The molecule has 0 aliphatic carbocycles. The van der Waals surface area contributed by atoms with Crippen molar-refractivity contribution in [3.8, 4) is 0 Å². The second kappa shape index (κ2) is 7.40. The summed E-state index contributed by atoms with van der Waals surface area (Å²) >= 11 is 0. The highest BCUT2D eigenvalue weighted by Gasteiger charge is 2.21. The lowest BCUT2D eigenvalue weighted by molar-refractivity contribution is -0.127. The fourth-order valence-electron chi connectivity index (χ4n) is 2.10. The third kappa shape index (κ3) is 4.06. The molecule has 2 aromatic carbocycles. The minimum atomic E-state index is -1.08. The maximum atomic E-state index is 12.3. The number of rotatable bonds is 4. The Hall–Kier alpha value is -2.89. The summed E-state index contributed by atoms with van der Waals surface area (Å²) in [6.45, 7) is 3.54. The Kier molecular flexibility index (Phi) is 5.30. The maximum Gasteiger partial charge on any atom is 0.339 e. The van der Waals surface area contributed by atoms with Gasteiger partial charge in [0.15, 0.2) is 6.10 Å². The first-order valence-corrected chi connectivity index (χ1v) is 7.30. The first kappa shape index (κ1) is 16.5. The molecule has 23 heavy (non-hydrogen) atoms. The van der Waals surface area contributed by atoms with Gasteiger partial charge in [0.25, 0.3) is 5.91 Å². The van der Waals surface area contributed by atoms with Crippen LogP contribution in [0.25, 0.3) is 10.8 Å². The van der Waals surface area contributed by atoms with Crippen molar-refractivity contribution in [2.75, 3.05) is 6.54 Å². The Morgan fingerprint density at radius 1 is 1.09 bits per heavy atom. The number of carbonyl (C=O) groups excluding carboxylic acids is 3. The van der Waals surface area contributed by atoms with E-state index >= 15 is 0 Å². The molecule has 0 saturated heterocycles. The van der Waals surface area contributed by atoms with E-state index in [1.165, 1.54) is 6.92 Å². The molecule has 2 rings (SSSR count). The molecule has 0 aliphatic heterocycles. The van der Waals surface area contributed by atoms with Crippen LogP contribution in [0.3, 0.4) is 0 Å². The Bertz CT molecular complexity index is 737. The van der Waals surface area contributed by atoms with Crippen LogP contribution >= 0.6 is 0 Å². The Balaban J connectivity index is 2.08. The van der Waals surface area contributed by atoms with Crippen molar-refractivity contribution in [2.45, 2.75) is 20.0 Å². The zero-order chi connectivity index (χ0) is 16.8. The maximum absolute atomic E-state index is 12.3. The molecule has 0 aromatic heterocycles. The molecule has 0 heterocycles. The van der Waals surface area contributed by atoms with Crippen LogP contribution in [-0.2, 0) is 9.53 Å². The SMILES string of the molecule is CCNC(=O)NC(=O)C(C)OC(=O)c1cccc2ccccc12. The van der Waals surface area contributed by atoms with E-state index in [0.29, 0.717) is 12.1 Å². The lowest BCUT2D eigenvalue weighted by Gasteiger charge is -2.14. The molecule has 1 unspecified atom stereocenters. The standard InChI is InChI=1S/C17H18N2O4/c1-3-18-17(22)19-15(20)11(2)23-16(21)14-10-6-8-12-7-4-5-9-13(12)14/h4-11H,3H2,1-2H3,(H2,18,19,20,22). The number of esters is 1. The number of amides is 3. The van der Waals surface area contributed by atoms with Crippen molar-refractivity contribution in [2.24, 2.45) is 0 Å². The summed E-state index contributed by atoms with van der Waals surface area (Å²) < 4.78 is 5.15. The molecule has 0 radical (unpaired) electrons. The van der Waals surface area contributed by atoms with E-state index < -0.39 is 24.0 Å². The Labute approximate surface area is 133 Å². The molecule has 6 heteroatoms. The number of nitrogens with one attached hydrogen (secondary N) is 2. The fraction of sp³-hybridized carbons (Fsp3) is 0.235. The van der Waals surface area contributed by atoms with Crippen molar-refractivity contribution < 1.29 is 19.1 Å². The van der Waals surface area contributed by atoms with Gasteiger partial charge in [0.2, 0.25) is 0 Å². The van der Waals surface area contributed by atoms with Gasteiger partial charge in [-0.15, -0.1) is 0 Å². The van der Waals surface area contributed by atoms with Crippen molar-refractivity contribution >= 4 is 28.7 Å². The summed E-state index contributed by atoms with van der Waals surface area (Å²) in [7, 11) is 0. The average molecular weight is 314 g/mol. The molecule has 0 aliphatic rings. The summed E-state index contributed by atoms with van der Waals surface area (Å²) in [5.41, 5.74) is 0.376. The summed E-state index contributed by atoms with van der Waals surface area (Å²) in [6.07, 6.45) is -1.08. The lowest BCUT2D eigenvalue weighted by Crippen LogP contribution is -2.44. The van der Waals surface area contributed by atoms with Crippen molar-refractivity contribution in [1.82, 2.24) is 10.6 Å². The van der Waals surface area contributed by atoms with Gasteiger partial charge in [-0.2, -0.15) is 0 Å². The molecule has 2 N–H and O–H groups in total. The Morgan fingerprint density at radius 2 is 1.78 bits per heavy atom. The normalized spacial score (nSPS) is 11.6. The van der Waals surface area contributed by atoms with Gasteiger partial charge in [0, 0.05) is 6.54 Å². The number of ether oxygens (including phenoxy) is 1. The third-order valence-electron chi connectivity index (χ3n) is 3.24. The van der Waals surface area contributed by atoms with Gasteiger partial charge in [-0.3, -0.25) is 10.1 Å². The quantitative estimate of drug-likeness (QED) is 0.848. The fourth-order valence-corrected chi connectivity index (χ4v) is 2.10. The number of carbonyl (C=O) groups is 3. The van der Waals surface area contributed by atoms with Gasteiger partial charge in [-0.25, -0.2) is 9.59 Å². The molecular formula is C17H18N2O4. The van der Waals surface area contributed by atoms with Crippen LogP contribution in [-0.4, -0.2) is 30.6 Å². The summed E-state index contributed by atoms with van der Waals surface area (Å²) in [5, 5.41) is 6.19. The highest BCUT2D eigenvalue weighted by molar-refractivity contribution is 6.05. The minimum Gasteiger partial charge on any atom is -0.449 e. The molecule has 1 atom stereocenters. The smallest absolute Gasteiger partial charge is 0.339 e. The molecule has 6 nitrogen and oxygen atoms in total. The molecule has 2 aromatic rings. The van der Waals surface area contributed by atoms with Crippen molar-refractivity contribution in [3.63, 3.8) is 0 Å². The van der Waals surface area contributed by atoms with Crippen LogP contribution in [0.15, 0.2) is 42.5 Å². The molecular weight excluding hydrogens is 296 g/mol. The van der Waals surface area contributed by atoms with Gasteiger partial charge >= 0.3 is 12.0 Å². The van der Waals surface area contributed by atoms with Crippen LogP contribution in [0, 0.1) is 0 Å². The van der Waals surface area contributed by atoms with E-state index in [2.05, 4.69) is 10.6 Å². The second-order valence-electron chi connectivity index (χ2n) is 4.92. The van der Waals surface area contributed by atoms with Gasteiger partial charge in [-0.05, 0) is 30.7 Å². The van der Waals surface area contributed by atoms with Crippen molar-refractivity contribution in [1.29, 1.82) is 0 Å². The number of hydrogen-bond donors (Lipinski definition) is 2. The van der Waals surface area contributed by atoms with Gasteiger partial charge < -0.3 is 10.1 Å². The van der Waals surface area contributed by atoms with Crippen LogP contribution < -0.4 is 10.6 Å². The summed E-state index contributed by atoms with van der Waals surface area (Å²) in [4.78, 5) is 35.4. The number of fused-ring (bicyclic) bond motifs is 1. The summed E-state index contributed by atoms with van der Waals surface area (Å²) in [6, 6.07) is 12.0. The second-order valence-corrected chi connectivity index (χ2v) is 4.92. The molecule has 0 spiro atoms. The number of benzene rings is 2. The minimum absolute atomic E-state index is 0.376. The number of urea groups is 1. The highest BCUT2D eigenvalue weighted by atomic mass is 16.5. The topological polar surface area (TPSA) is 84.5 Å². The highest BCUT2D eigenvalue weighted by Crippen LogP contribution is 2.19. The van der Waals surface area contributed by atoms with E-state index in [1.807, 2.05) is 30.3 Å². The van der Waals surface area contributed by atoms with Gasteiger partial charge in [0.1, 0.15) is 0 Å². The van der Waals surface area contributed by atoms with E-state index in [9.17, 15) is 14.4 Å². The van der Waals surface area contributed by atoms with Crippen LogP contribution in [0.5, 0.6) is 0 Å². The molecule has 0 bridgehead atoms. The predicted molar refractivity (Wildman–Crippen MR) is 86.0 cm³/mol. The number of imide groups is 1. The summed E-state index contributed by atoms with van der Waals surface area (Å²) in [5.74, 6) is -1.29. The zero-order valence-corrected chi connectivity index (χ0v) is 13.0. The van der Waals surface area contributed by atoms with E-state index in [-0.39, 0.29) is 0 Å². The lowest BCUT2D eigenvalue weighted by atomic mass is 10.0.